The third-order valence-corrected chi connectivity index (χ3v) is 19.0. The minimum Gasteiger partial charge on any atom is -0.480 e. The summed E-state index contributed by atoms with van der Waals surface area (Å²) in [4.78, 5) is 210. The molecule has 46 nitrogen and oxygen atoms in total. The molecule has 0 spiro atoms. The van der Waals surface area contributed by atoms with Gasteiger partial charge in [-0.1, -0.05) is 13.8 Å². The largest absolute Gasteiger partial charge is 0.480 e. The molecule has 0 bridgehead atoms. The number of halogens is 2. The molecule has 50 heteroatoms. The number of ether oxygens (including phenoxy) is 5. The van der Waals surface area contributed by atoms with Crippen LogP contribution in [0.2, 0.25) is 0 Å². The van der Waals surface area contributed by atoms with E-state index in [1.807, 2.05) is 23.6 Å². The predicted octanol–water partition coefficient (Wildman–Crippen LogP) is -2.96. The van der Waals surface area contributed by atoms with Crippen LogP contribution in [0.1, 0.15) is 97.3 Å². The fourth-order valence-electron chi connectivity index (χ4n) is 12.5. The van der Waals surface area contributed by atoms with Crippen LogP contribution in [-0.2, 0) is 84.7 Å². The van der Waals surface area contributed by atoms with Crippen LogP contribution in [0, 0.1) is 0 Å². The number of nitrogen functional groups attached to an aromatic ring is 2. The first-order valence-corrected chi connectivity index (χ1v) is 43.0. The number of nitrogens with two attached hydrogens (primary N) is 2. The topological polar surface area (TPSA) is 639 Å². The summed E-state index contributed by atoms with van der Waals surface area (Å²) in [5.41, 5.74) is 13.1. The Balaban J connectivity index is 0.000000511. The molecule has 0 saturated carbocycles. The van der Waals surface area contributed by atoms with Crippen LogP contribution in [0.25, 0.3) is 22.3 Å². The number of esters is 1. The number of aliphatic carboxylic acids is 5. The molecule has 17 N–H and O–H groups in total. The van der Waals surface area contributed by atoms with Crippen molar-refractivity contribution in [2.45, 2.75) is 90.4 Å². The van der Waals surface area contributed by atoms with Gasteiger partial charge in [0.25, 0.3) is 22.9 Å². The smallest absolute Gasteiger partial charge is 0.472 e. The average Bonchev–Trinajstić information content (AvgIpc) is 0.952. The van der Waals surface area contributed by atoms with Crippen molar-refractivity contribution < 1.29 is 114 Å². The summed E-state index contributed by atoms with van der Waals surface area (Å²) in [5, 5.41) is 63.4. The van der Waals surface area contributed by atoms with Gasteiger partial charge in [0.2, 0.25) is 23.7 Å². The zero-order chi connectivity index (χ0) is 95.0. The fourth-order valence-corrected chi connectivity index (χ4v) is 12.5. The molecule has 0 radical (unpaired) electrons. The van der Waals surface area contributed by atoms with Crippen molar-refractivity contribution in [3.05, 3.63) is 104 Å². The number of anilines is 4. The molecule has 4 aromatic heterocycles. The van der Waals surface area contributed by atoms with Gasteiger partial charge in [-0.3, -0.25) is 96.9 Å². The Labute approximate surface area is 758 Å². The van der Waals surface area contributed by atoms with Crippen molar-refractivity contribution in [3.8, 4) is 0 Å². The standard InChI is InChI=1S/C39H55N11O12.C38H53N11O12.C2H6.2Al.2FH.4H/c1-60-38(59)30(45-36(57)26-4-6-27(7-5-26)42-21-28-22-43-35-34(44-28)37(58)47-39(40)46-35)9-8-29(51)3-2-17-61-19-20-62-18-10-41-31(52)23-48-11-13-49(24-32(53)54)15-16-50(14-12-48)25-33(55)56;39-38-45-34-33(36(57)46-38)43-27(21-42-34)20-41-26-5-3-25(4-6-26)35(56)44-29(37(58)59)8-7-28(50)2-1-16-60-18-19-61-17-9-40-30(51)22-47-10-12-48(23-31(52)53)14-15-49(13-11-47)24-32(54)55;1-2;;;;;;;;/h4-7,22,30,42H,2-3,8-21,23-25H2,1H3,(H,41,52)(H,45,57)(H,53,54)(H,55,56)(H3,40,43,46,47,58);3-6,21,29,41H,1-2,7-20,22-24H2,(H,40,51)(H,44,56)(H,52,53)(H,54,55)(H,58,59)(H3,39,42,45,46,57);1-2H3;;;2*1H;;;;/q;;;2*+1;;;;;;/p-2/t30-;29-;;;;;;;;;/m00........./s1/i;;;;;2*1-1;;;;. The Morgan fingerprint density at radius 2 is 0.752 bits per heavy atom. The van der Waals surface area contributed by atoms with E-state index < -0.39 is 70.8 Å². The van der Waals surface area contributed by atoms with Gasteiger partial charge in [0, 0.05) is 153 Å². The summed E-state index contributed by atoms with van der Waals surface area (Å²) in [6, 6.07) is 10.4. The lowest BCUT2D eigenvalue weighted by molar-refractivity contribution is -0.143. The highest BCUT2D eigenvalue weighted by atomic mass is 27.1. The lowest BCUT2D eigenvalue weighted by atomic mass is 10.1. The lowest BCUT2D eigenvalue weighted by Crippen LogP contribution is -2.43. The number of hydrogen-bond acceptors (Lipinski definition) is 35. The molecule has 2 saturated heterocycles. The number of ketones is 2. The van der Waals surface area contributed by atoms with E-state index in [0.29, 0.717) is 121 Å². The van der Waals surface area contributed by atoms with Gasteiger partial charge in [0.1, 0.15) is 23.7 Å². The number of fused-ring (bicyclic) bond motifs is 2. The van der Waals surface area contributed by atoms with Crippen LogP contribution in [0.15, 0.2) is 70.5 Å². The van der Waals surface area contributed by atoms with Gasteiger partial charge in [-0.2, -0.15) is 9.97 Å². The number of rotatable bonds is 50. The number of nitrogens with one attached hydrogen (secondary N) is 8. The van der Waals surface area contributed by atoms with Crippen molar-refractivity contribution in [1.82, 2.24) is 90.5 Å². The SMILES string of the molecule is CC.COC(=O)[C@H](CCC(=O)CCCOCCOCCNC(=O)CN1CCN(CC(=O)O)CCN(CC(=O)O)CC1)NC(=O)c1ccc(NCc2cnc3nc(N)[nH]c(=O)c3n2)cc1.Nc1nc2ncc(CNc3ccc(C(=O)N[C@@H](CCC(=O)CCCOCCOCCNC(=O)CN4CCN(CC(=O)O)CCN(CC(=O)O)CC4)C(=O)O)cc3)nc2c(=O)[nH]1.[18F][AlH2].[18F][AlH2]. The molecular weight excluding hydrogens is 1730 g/mol. The number of benzene rings is 2. The van der Waals surface area contributed by atoms with Crippen LogP contribution in [-0.4, -0.2) is 402 Å². The van der Waals surface area contributed by atoms with E-state index in [0.717, 1.165) is 0 Å². The van der Waals surface area contributed by atoms with Gasteiger partial charge in [-0.15, -0.1) is 0 Å². The summed E-state index contributed by atoms with van der Waals surface area (Å²) in [7, 11) is 1.20. The number of hydrogen-bond donors (Lipinski definition) is 15. The minimum absolute atomic E-state index is 0.0365. The van der Waals surface area contributed by atoms with Gasteiger partial charge < -0.3 is 99.6 Å². The number of aromatic nitrogens is 8. The number of H-pyrrole nitrogens is 2. The van der Waals surface area contributed by atoms with Gasteiger partial charge in [-0.25, -0.2) is 29.5 Å². The van der Waals surface area contributed by atoms with E-state index in [9.17, 15) is 99.7 Å². The number of carbonyl (C=O) groups excluding carboxylic acids is 7. The zero-order valence-corrected chi connectivity index (χ0v) is 77.1. The predicted molar refractivity (Wildman–Crippen MR) is 471 cm³/mol. The number of amides is 4. The summed E-state index contributed by atoms with van der Waals surface area (Å²) < 4.78 is 46.2. The summed E-state index contributed by atoms with van der Waals surface area (Å²) in [6.07, 6.45) is 4.11. The molecule has 2 aliphatic heterocycles. The van der Waals surface area contributed by atoms with E-state index in [2.05, 4.69) is 71.8 Å². The highest BCUT2D eigenvalue weighted by Crippen LogP contribution is 2.17. The molecule has 6 heterocycles. The number of carbonyl (C=O) groups is 12. The maximum Gasteiger partial charge on any atom is 0.472 e. The summed E-state index contributed by atoms with van der Waals surface area (Å²) >= 11 is -0.389. The van der Waals surface area contributed by atoms with E-state index in [1.165, 1.54) is 31.6 Å². The van der Waals surface area contributed by atoms with Crippen molar-refractivity contribution in [3.63, 3.8) is 0 Å². The van der Waals surface area contributed by atoms with Gasteiger partial charge in [0.15, 0.2) is 22.3 Å². The van der Waals surface area contributed by atoms with Crippen LogP contribution in [0.3, 0.4) is 0 Å². The molecule has 2 fully saturated rings. The first kappa shape index (κ1) is 110. The maximum atomic E-state index is 13.0. The van der Waals surface area contributed by atoms with Crippen molar-refractivity contribution in [1.29, 1.82) is 0 Å². The first-order valence-electron chi connectivity index (χ1n) is 41.5. The van der Waals surface area contributed by atoms with Gasteiger partial charge in [-0.05, 0) is 74.2 Å². The Hall–Kier alpha value is -11.4. The molecule has 129 heavy (non-hydrogen) atoms. The molecule has 0 unspecified atom stereocenters. The third kappa shape index (κ3) is 45.0. The second-order valence-corrected chi connectivity index (χ2v) is 28.5. The lowest BCUT2D eigenvalue weighted by Gasteiger charge is -2.24. The molecular formula is C79H118Al2F2N22O24. The minimum atomic E-state index is -1.27. The van der Waals surface area contributed by atoms with Crippen LogP contribution >= 0.6 is 0 Å². The second kappa shape index (κ2) is 62.8. The molecule has 8 rings (SSSR count). The van der Waals surface area contributed by atoms with E-state index in [1.54, 1.807) is 56.0 Å². The monoisotopic (exact) mass is 1850 g/mol. The maximum absolute atomic E-state index is 13.0. The molecule has 0 aliphatic carbocycles. The van der Waals surface area contributed by atoms with E-state index >= 15 is 0 Å². The van der Waals surface area contributed by atoms with E-state index in [4.69, 9.17) is 35.2 Å². The highest BCUT2D eigenvalue weighted by Gasteiger charge is 2.27. The van der Waals surface area contributed by atoms with Gasteiger partial charge >= 0.3 is 69.3 Å². The third-order valence-electron chi connectivity index (χ3n) is 19.0. The normalized spacial score (nSPS) is 14.0. The van der Waals surface area contributed by atoms with Crippen LogP contribution < -0.4 is 54.5 Å². The molecule has 2 aliphatic rings. The number of aromatic amines is 2. The number of carboxylic acids is 5. The quantitative estimate of drug-likeness (QED) is 0.0103. The van der Waals surface area contributed by atoms with Gasteiger partial charge in [0.05, 0.1) is 123 Å². The molecule has 2 atom stereocenters. The van der Waals surface area contributed by atoms with Crippen molar-refractivity contribution in [2.75, 3.05) is 213 Å². The van der Waals surface area contributed by atoms with Crippen LogP contribution in [0.4, 0.5) is 30.3 Å². The first-order chi connectivity index (χ1) is 62.0. The molecule has 2 aromatic carbocycles. The highest BCUT2D eigenvalue weighted by molar-refractivity contribution is 5.98. The number of nitrogens with zero attached hydrogens (tertiary/aromatic N) is 12. The summed E-state index contributed by atoms with van der Waals surface area (Å²) in [5.74, 6) is -7.88. The Bertz CT molecular complexity index is 4600. The van der Waals surface area contributed by atoms with E-state index in [-0.39, 0.29) is 252 Å². The second-order valence-electron chi connectivity index (χ2n) is 28.5. The Kier molecular flexibility index (Phi) is 53.5. The average molecular weight is 1850 g/mol. The molecule has 708 valence electrons. The van der Waals surface area contributed by atoms with Crippen molar-refractivity contribution >= 4 is 150 Å². The summed E-state index contributed by atoms with van der Waals surface area (Å²) in [6.45, 7) is 11.7. The molecule has 4 amide bonds. The van der Waals surface area contributed by atoms with Crippen LogP contribution in [0.5, 0.6) is 0 Å². The number of methoxy groups -OCH3 is 1. The zero-order valence-electron chi connectivity index (χ0n) is 73.1. The molecule has 6 aromatic rings. The number of Topliss-reactive ketones (excluding diaryl/α,β-unsaturated/α-hetero) is 2. The Morgan fingerprint density at radius 1 is 0.442 bits per heavy atom. The number of carboxylic acid groups (broad SMARTS) is 5. The van der Waals surface area contributed by atoms with Crippen molar-refractivity contribution in [2.24, 2.45) is 0 Å². The Morgan fingerprint density at radius 3 is 1.07 bits per heavy atom. The fraction of sp³-hybridized carbons (Fsp3) is 0.544.